The van der Waals surface area contributed by atoms with E-state index in [1.54, 1.807) is 4.90 Å². The molecule has 2 rings (SSSR count). The van der Waals surface area contributed by atoms with E-state index in [1.807, 2.05) is 20.8 Å². The Morgan fingerprint density at radius 2 is 1.83 bits per heavy atom. The summed E-state index contributed by atoms with van der Waals surface area (Å²) in [5, 5.41) is 3.44. The van der Waals surface area contributed by atoms with Gasteiger partial charge in [-0.3, -0.25) is 0 Å². The second-order valence-electron chi connectivity index (χ2n) is 8.86. The maximum atomic E-state index is 13.1. The Labute approximate surface area is 179 Å². The van der Waals surface area contributed by atoms with Gasteiger partial charge in [-0.05, 0) is 63.8 Å². The fourth-order valence-electron chi connectivity index (χ4n) is 3.38. The van der Waals surface area contributed by atoms with Gasteiger partial charge < -0.3 is 15.0 Å². The lowest BCUT2D eigenvalue weighted by atomic mass is 9.97. The topological polar surface area (TPSA) is 79.0 Å². The average Bonchev–Trinajstić information content (AvgIpc) is 2.82. The standard InChI is InChI=1S/C21H34FN3O4S/c1-16-10-13-25(20(26)29-21(2,3)4)14-11-19(16)23-12-15-24(5)30(27,28)18-8-6-17(22)7-9-18/h6-9,16,19,23H,10-15H2,1-5H3/t16-,19+/m1/s1. The predicted octanol–water partition coefficient (Wildman–Crippen LogP) is 3.07. The van der Waals surface area contributed by atoms with Crippen LogP contribution in [0, 0.1) is 11.7 Å². The molecule has 0 spiro atoms. The number of likely N-dealkylation sites (tertiary alicyclic amines) is 1. The molecule has 0 aliphatic carbocycles. The summed E-state index contributed by atoms with van der Waals surface area (Å²) in [6.45, 7) is 9.71. The van der Waals surface area contributed by atoms with Gasteiger partial charge in [0.15, 0.2) is 0 Å². The number of carbonyl (C=O) groups excluding carboxylic acids is 1. The van der Waals surface area contributed by atoms with Crippen molar-refractivity contribution in [2.45, 2.75) is 57.1 Å². The van der Waals surface area contributed by atoms with Crippen molar-refractivity contribution >= 4 is 16.1 Å². The number of ether oxygens (including phenoxy) is 1. The number of carbonyl (C=O) groups is 1. The van der Waals surface area contributed by atoms with Gasteiger partial charge in [0.25, 0.3) is 0 Å². The number of nitrogens with one attached hydrogen (secondary N) is 1. The number of hydrogen-bond acceptors (Lipinski definition) is 5. The molecule has 1 aliphatic heterocycles. The minimum atomic E-state index is -3.66. The van der Waals surface area contributed by atoms with E-state index < -0.39 is 21.4 Å². The highest BCUT2D eigenvalue weighted by Gasteiger charge is 2.28. The van der Waals surface area contributed by atoms with E-state index in [0.717, 1.165) is 25.0 Å². The summed E-state index contributed by atoms with van der Waals surface area (Å²) in [5.41, 5.74) is -0.521. The molecule has 2 atom stereocenters. The van der Waals surface area contributed by atoms with E-state index in [1.165, 1.54) is 23.5 Å². The Kier molecular flexibility index (Phi) is 8.24. The number of hydrogen-bond donors (Lipinski definition) is 1. The Bertz CT molecular complexity index is 809. The fourth-order valence-corrected chi connectivity index (χ4v) is 4.55. The van der Waals surface area contributed by atoms with Crippen LogP contribution < -0.4 is 5.32 Å². The molecule has 1 aromatic carbocycles. The highest BCUT2D eigenvalue weighted by Crippen LogP contribution is 2.20. The second kappa shape index (κ2) is 10.1. The summed E-state index contributed by atoms with van der Waals surface area (Å²) in [6.07, 6.45) is 1.33. The summed E-state index contributed by atoms with van der Waals surface area (Å²) in [5.74, 6) is -0.127. The highest BCUT2D eigenvalue weighted by atomic mass is 32.2. The molecule has 1 N–H and O–H groups in total. The average molecular weight is 444 g/mol. The molecule has 1 aliphatic rings. The first-order chi connectivity index (χ1) is 13.9. The number of sulfonamides is 1. The van der Waals surface area contributed by atoms with Crippen LogP contribution in [0.1, 0.15) is 40.5 Å². The van der Waals surface area contributed by atoms with E-state index >= 15 is 0 Å². The van der Waals surface area contributed by atoms with Crippen LogP contribution in [0.2, 0.25) is 0 Å². The van der Waals surface area contributed by atoms with Crippen LogP contribution in [-0.4, -0.2) is 68.6 Å². The zero-order valence-electron chi connectivity index (χ0n) is 18.5. The van der Waals surface area contributed by atoms with Crippen molar-refractivity contribution in [2.24, 2.45) is 5.92 Å². The number of nitrogens with zero attached hydrogens (tertiary/aromatic N) is 2. The number of likely N-dealkylation sites (N-methyl/N-ethyl adjacent to an activating group) is 1. The van der Waals surface area contributed by atoms with Gasteiger partial charge in [-0.2, -0.15) is 4.31 Å². The molecular weight excluding hydrogens is 409 g/mol. The quantitative estimate of drug-likeness (QED) is 0.731. The smallest absolute Gasteiger partial charge is 0.410 e. The number of rotatable bonds is 6. The molecule has 1 amide bonds. The van der Waals surface area contributed by atoms with E-state index in [9.17, 15) is 17.6 Å². The summed E-state index contributed by atoms with van der Waals surface area (Å²) < 4.78 is 45.0. The lowest BCUT2D eigenvalue weighted by Gasteiger charge is -2.26. The number of amides is 1. The van der Waals surface area contributed by atoms with Gasteiger partial charge in [-0.15, -0.1) is 0 Å². The van der Waals surface area contributed by atoms with Crippen molar-refractivity contribution in [3.63, 3.8) is 0 Å². The molecule has 1 heterocycles. The van der Waals surface area contributed by atoms with Gasteiger partial charge in [-0.1, -0.05) is 6.92 Å². The van der Waals surface area contributed by atoms with E-state index in [0.29, 0.717) is 32.1 Å². The second-order valence-corrected chi connectivity index (χ2v) is 10.9. The van der Waals surface area contributed by atoms with Gasteiger partial charge >= 0.3 is 6.09 Å². The Hall–Kier alpha value is -1.71. The molecule has 170 valence electrons. The fraction of sp³-hybridized carbons (Fsp3) is 0.667. The first kappa shape index (κ1) is 24.6. The molecule has 0 saturated carbocycles. The molecule has 7 nitrogen and oxygen atoms in total. The van der Waals surface area contributed by atoms with Crippen molar-refractivity contribution in [1.29, 1.82) is 0 Å². The summed E-state index contributed by atoms with van der Waals surface area (Å²) in [4.78, 5) is 14.2. The van der Waals surface area contributed by atoms with E-state index in [4.69, 9.17) is 4.74 Å². The molecule has 0 radical (unpaired) electrons. The monoisotopic (exact) mass is 443 g/mol. The zero-order valence-corrected chi connectivity index (χ0v) is 19.3. The van der Waals surface area contributed by atoms with Crippen LogP contribution in [-0.2, 0) is 14.8 Å². The molecule has 0 bridgehead atoms. The largest absolute Gasteiger partial charge is 0.444 e. The first-order valence-electron chi connectivity index (χ1n) is 10.3. The molecule has 0 unspecified atom stereocenters. The Balaban J connectivity index is 1.86. The summed E-state index contributed by atoms with van der Waals surface area (Å²) >= 11 is 0. The van der Waals surface area contributed by atoms with Crippen LogP contribution in [0.25, 0.3) is 0 Å². The third kappa shape index (κ3) is 6.92. The number of halogens is 1. The third-order valence-electron chi connectivity index (χ3n) is 5.26. The lowest BCUT2D eigenvalue weighted by molar-refractivity contribution is 0.0255. The Morgan fingerprint density at radius 1 is 1.23 bits per heavy atom. The molecule has 9 heteroatoms. The van der Waals surface area contributed by atoms with Crippen LogP contribution in [0.4, 0.5) is 9.18 Å². The van der Waals surface area contributed by atoms with E-state index in [-0.39, 0.29) is 17.0 Å². The zero-order chi connectivity index (χ0) is 22.5. The van der Waals surface area contributed by atoms with Crippen molar-refractivity contribution in [3.8, 4) is 0 Å². The normalized spacial score (nSPS) is 20.8. The molecule has 1 fully saturated rings. The van der Waals surface area contributed by atoms with Gasteiger partial charge in [0.05, 0.1) is 4.90 Å². The molecule has 30 heavy (non-hydrogen) atoms. The van der Waals surface area contributed by atoms with Crippen LogP contribution in [0.5, 0.6) is 0 Å². The highest BCUT2D eigenvalue weighted by molar-refractivity contribution is 7.89. The maximum absolute atomic E-state index is 13.1. The van der Waals surface area contributed by atoms with Crippen molar-refractivity contribution in [3.05, 3.63) is 30.1 Å². The van der Waals surface area contributed by atoms with E-state index in [2.05, 4.69) is 12.2 Å². The van der Waals surface area contributed by atoms with Gasteiger partial charge in [-0.25, -0.2) is 17.6 Å². The van der Waals surface area contributed by atoms with Gasteiger partial charge in [0, 0.05) is 39.3 Å². The van der Waals surface area contributed by atoms with Crippen LogP contribution in [0.3, 0.4) is 0 Å². The first-order valence-corrected chi connectivity index (χ1v) is 11.8. The molecule has 1 aromatic rings. The minimum absolute atomic E-state index is 0.0715. The van der Waals surface area contributed by atoms with Crippen LogP contribution in [0.15, 0.2) is 29.2 Å². The molecular formula is C21H34FN3O4S. The van der Waals surface area contributed by atoms with Crippen molar-refractivity contribution in [1.82, 2.24) is 14.5 Å². The lowest BCUT2D eigenvalue weighted by Crippen LogP contribution is -2.41. The Morgan fingerprint density at radius 3 is 2.43 bits per heavy atom. The molecule has 1 saturated heterocycles. The van der Waals surface area contributed by atoms with Crippen LogP contribution >= 0.6 is 0 Å². The van der Waals surface area contributed by atoms with Crippen molar-refractivity contribution in [2.75, 3.05) is 33.2 Å². The SMILES string of the molecule is C[C@@H]1CCN(C(=O)OC(C)(C)C)CC[C@@H]1NCCN(C)S(=O)(=O)c1ccc(F)cc1. The van der Waals surface area contributed by atoms with Gasteiger partial charge in [0.1, 0.15) is 11.4 Å². The number of benzene rings is 1. The predicted molar refractivity (Wildman–Crippen MR) is 114 cm³/mol. The summed E-state index contributed by atoms with van der Waals surface area (Å²) in [6, 6.07) is 5.01. The van der Waals surface area contributed by atoms with Gasteiger partial charge in [0.2, 0.25) is 10.0 Å². The summed E-state index contributed by atoms with van der Waals surface area (Å²) in [7, 11) is -2.14. The molecule has 0 aromatic heterocycles. The van der Waals surface area contributed by atoms with Crippen molar-refractivity contribution < 1.29 is 22.3 Å². The minimum Gasteiger partial charge on any atom is -0.444 e. The third-order valence-corrected chi connectivity index (χ3v) is 7.13. The maximum Gasteiger partial charge on any atom is 0.410 e.